The molecule has 1 saturated heterocycles. The standard InChI is InChI=1S/C17H16ClF3N2O/c1-16(2)9-23(22-15(16)24)14(17(19,20)21)11-7-6-10-4-3-5-13(18)12(10)8-11/h3-8,14H,9H2,1-2H3,(H,22,24)/t14-/m0/s1. The fourth-order valence-electron chi connectivity index (χ4n) is 2.94. The number of hydrogen-bond donors (Lipinski definition) is 1. The van der Waals surface area contributed by atoms with E-state index in [-0.39, 0.29) is 12.1 Å². The Morgan fingerprint density at radius 1 is 1.25 bits per heavy atom. The SMILES string of the molecule is CC1(C)CN([C@@H](c2ccc3cccc(Cl)c3c2)C(F)(F)F)NC1=O. The molecule has 1 amide bonds. The maximum absolute atomic E-state index is 13.7. The van der Waals surface area contributed by atoms with Gasteiger partial charge >= 0.3 is 6.18 Å². The van der Waals surface area contributed by atoms with Crippen molar-refractivity contribution < 1.29 is 18.0 Å². The van der Waals surface area contributed by atoms with Crippen molar-refractivity contribution in [3.05, 3.63) is 47.0 Å². The van der Waals surface area contributed by atoms with Crippen LogP contribution in [0.2, 0.25) is 5.02 Å². The molecular weight excluding hydrogens is 341 g/mol. The summed E-state index contributed by atoms with van der Waals surface area (Å²) in [6, 6.07) is 7.71. The summed E-state index contributed by atoms with van der Waals surface area (Å²) in [6.45, 7) is 3.20. The third-order valence-electron chi connectivity index (χ3n) is 4.22. The lowest BCUT2D eigenvalue weighted by atomic mass is 9.93. The predicted molar refractivity (Wildman–Crippen MR) is 86.4 cm³/mol. The predicted octanol–water partition coefficient (Wildman–Crippen LogP) is 4.47. The molecule has 0 radical (unpaired) electrons. The fourth-order valence-corrected chi connectivity index (χ4v) is 3.18. The minimum Gasteiger partial charge on any atom is -0.287 e. The van der Waals surface area contributed by atoms with Gasteiger partial charge in [0.25, 0.3) is 0 Å². The average molecular weight is 357 g/mol. The highest BCUT2D eigenvalue weighted by Gasteiger charge is 2.51. The Labute approximate surface area is 142 Å². The van der Waals surface area contributed by atoms with Gasteiger partial charge in [0.2, 0.25) is 5.91 Å². The normalized spacial score (nSPS) is 19.5. The number of carbonyl (C=O) groups is 1. The van der Waals surface area contributed by atoms with E-state index in [9.17, 15) is 18.0 Å². The van der Waals surface area contributed by atoms with Gasteiger partial charge < -0.3 is 0 Å². The van der Waals surface area contributed by atoms with Crippen molar-refractivity contribution in [2.75, 3.05) is 6.54 Å². The summed E-state index contributed by atoms with van der Waals surface area (Å²) in [4.78, 5) is 11.9. The second kappa shape index (κ2) is 5.63. The molecule has 1 aliphatic heterocycles. The topological polar surface area (TPSA) is 32.3 Å². The maximum Gasteiger partial charge on any atom is 0.409 e. The Morgan fingerprint density at radius 2 is 1.96 bits per heavy atom. The first-order valence-corrected chi connectivity index (χ1v) is 7.80. The first-order valence-electron chi connectivity index (χ1n) is 7.42. The lowest BCUT2D eigenvalue weighted by Gasteiger charge is -2.30. The number of amides is 1. The molecule has 1 aliphatic rings. The fraction of sp³-hybridized carbons (Fsp3) is 0.353. The van der Waals surface area contributed by atoms with Gasteiger partial charge in [0.1, 0.15) is 6.04 Å². The molecule has 0 saturated carbocycles. The molecule has 1 fully saturated rings. The number of hydrogen-bond acceptors (Lipinski definition) is 2. The number of benzene rings is 2. The molecule has 1 atom stereocenters. The molecule has 1 N–H and O–H groups in total. The highest BCUT2D eigenvalue weighted by molar-refractivity contribution is 6.35. The number of nitrogens with zero attached hydrogens (tertiary/aromatic N) is 1. The van der Waals surface area contributed by atoms with E-state index in [0.29, 0.717) is 10.4 Å². The van der Waals surface area contributed by atoms with Crippen LogP contribution >= 0.6 is 11.6 Å². The zero-order chi connectivity index (χ0) is 17.7. The van der Waals surface area contributed by atoms with E-state index in [0.717, 1.165) is 10.4 Å². The van der Waals surface area contributed by atoms with Crippen molar-refractivity contribution in [2.24, 2.45) is 5.41 Å². The molecule has 3 nitrogen and oxygen atoms in total. The van der Waals surface area contributed by atoms with Gasteiger partial charge in [-0.25, -0.2) is 5.01 Å². The Balaban J connectivity index is 2.08. The van der Waals surface area contributed by atoms with E-state index < -0.39 is 23.5 Å². The van der Waals surface area contributed by atoms with Crippen LogP contribution < -0.4 is 5.43 Å². The van der Waals surface area contributed by atoms with E-state index in [4.69, 9.17) is 11.6 Å². The molecule has 0 spiro atoms. The third-order valence-corrected chi connectivity index (χ3v) is 4.55. The van der Waals surface area contributed by atoms with Gasteiger partial charge in [0.05, 0.1) is 5.41 Å². The Kier molecular flexibility index (Phi) is 4.00. The second-order valence-corrected chi connectivity index (χ2v) is 7.02. The minimum atomic E-state index is -4.54. The number of alkyl halides is 3. The molecule has 1 heterocycles. The lowest BCUT2D eigenvalue weighted by molar-refractivity contribution is -0.191. The van der Waals surface area contributed by atoms with Crippen LogP contribution in [0.3, 0.4) is 0 Å². The molecule has 2 aromatic rings. The molecule has 0 aromatic heterocycles. The van der Waals surface area contributed by atoms with Crippen LogP contribution in [-0.2, 0) is 4.79 Å². The van der Waals surface area contributed by atoms with Crippen LogP contribution in [0.4, 0.5) is 13.2 Å². The number of nitrogens with one attached hydrogen (secondary N) is 1. The first kappa shape index (κ1) is 17.0. The summed E-state index contributed by atoms with van der Waals surface area (Å²) in [5.41, 5.74) is 1.52. The van der Waals surface area contributed by atoms with Gasteiger partial charge in [-0.2, -0.15) is 13.2 Å². The van der Waals surface area contributed by atoms with E-state index in [1.54, 1.807) is 38.1 Å². The minimum absolute atomic E-state index is 0.0312. The average Bonchev–Trinajstić information content (AvgIpc) is 2.71. The summed E-state index contributed by atoms with van der Waals surface area (Å²) < 4.78 is 41.1. The lowest BCUT2D eigenvalue weighted by Crippen LogP contribution is -2.43. The first-order chi connectivity index (χ1) is 11.1. The molecule has 0 unspecified atom stereocenters. The molecular formula is C17H16ClF3N2O. The number of hydrazine groups is 1. The van der Waals surface area contributed by atoms with Crippen molar-refractivity contribution in [1.29, 1.82) is 0 Å². The van der Waals surface area contributed by atoms with Gasteiger partial charge in [-0.3, -0.25) is 10.2 Å². The molecule has 0 bridgehead atoms. The smallest absolute Gasteiger partial charge is 0.287 e. The molecule has 0 aliphatic carbocycles. The van der Waals surface area contributed by atoms with Crippen molar-refractivity contribution >= 4 is 28.3 Å². The van der Waals surface area contributed by atoms with Gasteiger partial charge in [-0.1, -0.05) is 35.9 Å². The zero-order valence-electron chi connectivity index (χ0n) is 13.1. The van der Waals surface area contributed by atoms with E-state index in [1.165, 1.54) is 12.1 Å². The summed E-state index contributed by atoms with van der Waals surface area (Å²) in [5.74, 6) is -0.421. The second-order valence-electron chi connectivity index (χ2n) is 6.62. The van der Waals surface area contributed by atoms with Crippen LogP contribution in [0, 0.1) is 5.41 Å². The van der Waals surface area contributed by atoms with Crippen LogP contribution in [0.5, 0.6) is 0 Å². The Bertz CT molecular complexity index is 804. The van der Waals surface area contributed by atoms with Crippen molar-refractivity contribution in [1.82, 2.24) is 10.4 Å². The molecule has 2 aromatic carbocycles. The van der Waals surface area contributed by atoms with Crippen LogP contribution in [-0.4, -0.2) is 23.6 Å². The molecule has 7 heteroatoms. The Morgan fingerprint density at radius 3 is 2.54 bits per heavy atom. The number of carbonyl (C=O) groups excluding carboxylic acids is 1. The van der Waals surface area contributed by atoms with Crippen LogP contribution in [0.1, 0.15) is 25.5 Å². The van der Waals surface area contributed by atoms with E-state index >= 15 is 0 Å². The molecule has 24 heavy (non-hydrogen) atoms. The summed E-state index contributed by atoms with van der Waals surface area (Å²) in [7, 11) is 0. The van der Waals surface area contributed by atoms with Crippen molar-refractivity contribution in [3.8, 4) is 0 Å². The highest BCUT2D eigenvalue weighted by atomic mass is 35.5. The monoisotopic (exact) mass is 356 g/mol. The number of halogens is 4. The third kappa shape index (κ3) is 2.96. The zero-order valence-corrected chi connectivity index (χ0v) is 13.9. The maximum atomic E-state index is 13.7. The van der Waals surface area contributed by atoms with E-state index in [1.807, 2.05) is 0 Å². The number of rotatable bonds is 2. The number of fused-ring (bicyclic) bond motifs is 1. The largest absolute Gasteiger partial charge is 0.409 e. The summed E-state index contributed by atoms with van der Waals surface area (Å²) in [6.07, 6.45) is -4.54. The van der Waals surface area contributed by atoms with Crippen LogP contribution in [0.25, 0.3) is 10.8 Å². The van der Waals surface area contributed by atoms with E-state index in [2.05, 4.69) is 5.43 Å². The van der Waals surface area contributed by atoms with Gasteiger partial charge in [0, 0.05) is 17.0 Å². The highest BCUT2D eigenvalue weighted by Crippen LogP contribution is 2.41. The quantitative estimate of drug-likeness (QED) is 0.861. The van der Waals surface area contributed by atoms with Gasteiger partial charge in [-0.15, -0.1) is 0 Å². The van der Waals surface area contributed by atoms with Gasteiger partial charge in [0.15, 0.2) is 0 Å². The van der Waals surface area contributed by atoms with Crippen molar-refractivity contribution in [3.63, 3.8) is 0 Å². The summed E-state index contributed by atoms with van der Waals surface area (Å²) >= 11 is 6.11. The Hall–Kier alpha value is -1.79. The summed E-state index contributed by atoms with van der Waals surface area (Å²) in [5, 5.41) is 2.66. The molecule has 128 valence electrons. The van der Waals surface area contributed by atoms with Crippen molar-refractivity contribution in [2.45, 2.75) is 26.1 Å². The van der Waals surface area contributed by atoms with Gasteiger partial charge in [-0.05, 0) is 36.9 Å². The molecule has 3 rings (SSSR count). The van der Waals surface area contributed by atoms with Crippen LogP contribution in [0.15, 0.2) is 36.4 Å².